The van der Waals surface area contributed by atoms with Gasteiger partial charge in [-0.2, -0.15) is 0 Å². The van der Waals surface area contributed by atoms with Gasteiger partial charge in [-0.15, -0.1) is 0 Å². The van der Waals surface area contributed by atoms with E-state index in [1.165, 1.54) is 11.0 Å². The number of amides is 1. The van der Waals surface area contributed by atoms with Crippen molar-refractivity contribution in [3.63, 3.8) is 0 Å². The molecule has 0 aliphatic rings. The minimum absolute atomic E-state index is 0.0389. The lowest BCUT2D eigenvalue weighted by Crippen LogP contribution is -2.27. The maximum absolute atomic E-state index is 13.8. The molecule has 0 saturated heterocycles. The zero-order valence-corrected chi connectivity index (χ0v) is 13.1. The van der Waals surface area contributed by atoms with Crippen LogP contribution in [0.3, 0.4) is 0 Å². The number of benzene rings is 2. The normalized spacial score (nSPS) is 10.4. The predicted molar refractivity (Wildman–Crippen MR) is 81.3 cm³/mol. The number of carbonyl (C=O) groups is 1. The van der Waals surface area contributed by atoms with Crippen molar-refractivity contribution in [1.82, 2.24) is 4.90 Å². The van der Waals surface area contributed by atoms with Crippen LogP contribution in [0, 0.1) is 5.82 Å². The highest BCUT2D eigenvalue weighted by Gasteiger charge is 2.19. The quantitative estimate of drug-likeness (QED) is 0.792. The number of hydrogen-bond acceptors (Lipinski definition) is 1. The lowest BCUT2D eigenvalue weighted by atomic mass is 10.1. The molecule has 0 unspecified atom stereocenters. The molecule has 0 heterocycles. The molecule has 2 nitrogen and oxygen atoms in total. The van der Waals surface area contributed by atoms with Crippen LogP contribution in [0.1, 0.15) is 15.9 Å². The van der Waals surface area contributed by atoms with E-state index in [2.05, 4.69) is 15.9 Å². The lowest BCUT2D eigenvalue weighted by Gasteiger charge is -2.18. The second kappa shape index (κ2) is 6.37. The first-order valence-corrected chi connectivity index (χ1v) is 7.10. The Kier molecular flexibility index (Phi) is 4.78. The van der Waals surface area contributed by atoms with E-state index in [0.29, 0.717) is 16.0 Å². The van der Waals surface area contributed by atoms with Gasteiger partial charge >= 0.3 is 0 Å². The fraction of sp³-hybridized carbons (Fsp3) is 0.133. The minimum atomic E-state index is -0.540. The number of nitrogens with zero attached hydrogens (tertiary/aromatic N) is 1. The van der Waals surface area contributed by atoms with E-state index in [1.54, 1.807) is 31.3 Å². The van der Waals surface area contributed by atoms with E-state index in [1.807, 2.05) is 12.1 Å². The summed E-state index contributed by atoms with van der Waals surface area (Å²) in [6.45, 7) is 0.361. The Morgan fingerprint density at radius 1 is 1.30 bits per heavy atom. The van der Waals surface area contributed by atoms with E-state index < -0.39 is 5.82 Å². The first kappa shape index (κ1) is 15.0. The van der Waals surface area contributed by atoms with E-state index in [0.717, 1.165) is 5.56 Å². The molecule has 0 spiro atoms. The molecular formula is C15H12BrClFNO. The van der Waals surface area contributed by atoms with Crippen LogP contribution in [0.15, 0.2) is 46.9 Å². The first-order chi connectivity index (χ1) is 9.49. The van der Waals surface area contributed by atoms with Crippen LogP contribution in [0.5, 0.6) is 0 Å². The van der Waals surface area contributed by atoms with Crippen LogP contribution in [0.25, 0.3) is 0 Å². The first-order valence-electron chi connectivity index (χ1n) is 5.93. The highest BCUT2D eigenvalue weighted by molar-refractivity contribution is 9.10. The Bertz CT molecular complexity index is 627. The molecule has 0 fully saturated rings. The number of halogens is 3. The number of rotatable bonds is 3. The van der Waals surface area contributed by atoms with Gasteiger partial charge in [-0.05, 0) is 45.8 Å². The molecule has 0 bridgehead atoms. The number of hydrogen-bond donors (Lipinski definition) is 0. The van der Waals surface area contributed by atoms with Gasteiger partial charge in [-0.1, -0.05) is 29.8 Å². The number of carbonyl (C=O) groups excluding carboxylic acids is 1. The van der Waals surface area contributed by atoms with E-state index in [4.69, 9.17) is 11.6 Å². The molecule has 0 N–H and O–H groups in total. The van der Waals surface area contributed by atoms with Crippen molar-refractivity contribution < 1.29 is 9.18 Å². The molecule has 2 aromatic rings. The molecule has 20 heavy (non-hydrogen) atoms. The van der Waals surface area contributed by atoms with Gasteiger partial charge in [0.2, 0.25) is 0 Å². The van der Waals surface area contributed by atoms with E-state index >= 15 is 0 Å². The van der Waals surface area contributed by atoms with Crippen molar-refractivity contribution in [3.8, 4) is 0 Å². The van der Waals surface area contributed by atoms with E-state index in [9.17, 15) is 9.18 Å². The van der Waals surface area contributed by atoms with Crippen molar-refractivity contribution in [3.05, 3.63) is 68.9 Å². The van der Waals surface area contributed by atoms with Gasteiger partial charge in [0.1, 0.15) is 5.82 Å². The summed E-state index contributed by atoms with van der Waals surface area (Å²) < 4.78 is 14.2. The van der Waals surface area contributed by atoms with Crippen LogP contribution in [-0.4, -0.2) is 17.9 Å². The van der Waals surface area contributed by atoms with Crippen LogP contribution in [0.4, 0.5) is 4.39 Å². The fourth-order valence-electron chi connectivity index (χ4n) is 1.87. The van der Waals surface area contributed by atoms with Crippen molar-refractivity contribution >= 4 is 33.4 Å². The molecule has 104 valence electrons. The van der Waals surface area contributed by atoms with Crippen molar-refractivity contribution in [2.45, 2.75) is 6.54 Å². The molecule has 2 rings (SSSR count). The zero-order valence-electron chi connectivity index (χ0n) is 10.7. The second-order valence-electron chi connectivity index (χ2n) is 4.39. The summed E-state index contributed by atoms with van der Waals surface area (Å²) >= 11 is 9.11. The molecule has 5 heteroatoms. The average molecular weight is 357 g/mol. The smallest absolute Gasteiger partial charge is 0.258 e. The molecule has 0 aromatic heterocycles. The van der Waals surface area contributed by atoms with Crippen molar-refractivity contribution in [2.75, 3.05) is 7.05 Å². The van der Waals surface area contributed by atoms with Crippen LogP contribution in [-0.2, 0) is 6.54 Å². The Hall–Kier alpha value is -1.39. The van der Waals surface area contributed by atoms with Gasteiger partial charge in [-0.3, -0.25) is 4.79 Å². The SMILES string of the molecule is CN(Cc1cccc(Cl)c1)C(=O)c1c(F)cccc1Br. The van der Waals surface area contributed by atoms with Gasteiger partial charge in [0, 0.05) is 23.1 Å². The summed E-state index contributed by atoms with van der Waals surface area (Å²) in [5, 5.41) is 0.607. The monoisotopic (exact) mass is 355 g/mol. The maximum Gasteiger partial charge on any atom is 0.258 e. The fourth-order valence-corrected chi connectivity index (χ4v) is 2.60. The average Bonchev–Trinajstić information content (AvgIpc) is 2.38. The zero-order chi connectivity index (χ0) is 14.7. The van der Waals surface area contributed by atoms with Gasteiger partial charge < -0.3 is 4.90 Å². The molecule has 0 aliphatic heterocycles. The molecule has 1 amide bonds. The molecule has 0 radical (unpaired) electrons. The molecule has 0 saturated carbocycles. The second-order valence-corrected chi connectivity index (χ2v) is 5.68. The Balaban J connectivity index is 2.21. The van der Waals surface area contributed by atoms with Gasteiger partial charge in [-0.25, -0.2) is 4.39 Å². The summed E-state index contributed by atoms with van der Waals surface area (Å²) in [6, 6.07) is 11.7. The largest absolute Gasteiger partial charge is 0.337 e. The standard InChI is InChI=1S/C15H12BrClFNO/c1-19(9-10-4-2-5-11(17)8-10)15(20)14-12(16)6-3-7-13(14)18/h2-8H,9H2,1H3. The van der Waals surface area contributed by atoms with Gasteiger partial charge in [0.25, 0.3) is 5.91 Å². The summed E-state index contributed by atoms with van der Waals surface area (Å²) in [6.07, 6.45) is 0. The Labute approximate surface area is 130 Å². The van der Waals surface area contributed by atoms with Gasteiger partial charge in [0.15, 0.2) is 0 Å². The van der Waals surface area contributed by atoms with Crippen LogP contribution in [0.2, 0.25) is 5.02 Å². The highest BCUT2D eigenvalue weighted by Crippen LogP contribution is 2.22. The third-order valence-corrected chi connectivity index (χ3v) is 3.73. The topological polar surface area (TPSA) is 20.3 Å². The highest BCUT2D eigenvalue weighted by atomic mass is 79.9. The van der Waals surface area contributed by atoms with E-state index in [-0.39, 0.29) is 11.5 Å². The summed E-state index contributed by atoms with van der Waals surface area (Å²) in [5.41, 5.74) is 0.929. The molecular weight excluding hydrogens is 345 g/mol. The molecule has 0 atom stereocenters. The van der Waals surface area contributed by atoms with Crippen molar-refractivity contribution in [2.24, 2.45) is 0 Å². The minimum Gasteiger partial charge on any atom is -0.337 e. The molecule has 0 aliphatic carbocycles. The Morgan fingerprint density at radius 2 is 2.00 bits per heavy atom. The third-order valence-electron chi connectivity index (χ3n) is 2.83. The van der Waals surface area contributed by atoms with Crippen LogP contribution < -0.4 is 0 Å². The summed E-state index contributed by atoms with van der Waals surface area (Å²) in [7, 11) is 1.63. The predicted octanol–water partition coefficient (Wildman–Crippen LogP) is 4.51. The van der Waals surface area contributed by atoms with Crippen LogP contribution >= 0.6 is 27.5 Å². The van der Waals surface area contributed by atoms with Gasteiger partial charge in [0.05, 0.1) is 5.56 Å². The molecule has 2 aromatic carbocycles. The maximum atomic E-state index is 13.8. The lowest BCUT2D eigenvalue weighted by molar-refractivity contribution is 0.0779. The Morgan fingerprint density at radius 3 is 2.65 bits per heavy atom. The van der Waals surface area contributed by atoms with Crippen molar-refractivity contribution in [1.29, 1.82) is 0 Å². The third kappa shape index (κ3) is 3.38. The summed E-state index contributed by atoms with van der Waals surface area (Å²) in [4.78, 5) is 13.8. The summed E-state index contributed by atoms with van der Waals surface area (Å²) in [5.74, 6) is -0.919.